The van der Waals surface area contributed by atoms with E-state index in [0.29, 0.717) is 16.1 Å². The third-order valence-electron chi connectivity index (χ3n) is 2.54. The fourth-order valence-corrected chi connectivity index (χ4v) is 3.36. The van der Waals surface area contributed by atoms with Crippen LogP contribution in [0.25, 0.3) is 0 Å². The van der Waals surface area contributed by atoms with Crippen LogP contribution in [0.2, 0.25) is 5.02 Å². The molecule has 1 aliphatic rings. The van der Waals surface area contributed by atoms with E-state index in [-0.39, 0.29) is 0 Å². The maximum Gasteiger partial charge on any atom is 0.105 e. The summed E-state index contributed by atoms with van der Waals surface area (Å²) in [4.78, 5) is 0.341. The molecule has 1 aliphatic heterocycles. The number of anilines is 1. The van der Waals surface area contributed by atoms with E-state index in [9.17, 15) is 0 Å². The van der Waals surface area contributed by atoms with Crippen molar-refractivity contribution in [3.8, 4) is 0 Å². The average Bonchev–Trinajstić information content (AvgIpc) is 2.70. The van der Waals surface area contributed by atoms with Gasteiger partial charge in [-0.2, -0.15) is 11.8 Å². The van der Waals surface area contributed by atoms with Gasteiger partial charge in [0.15, 0.2) is 0 Å². The molecular weight excluding hydrogens is 260 g/mol. The van der Waals surface area contributed by atoms with Gasteiger partial charge in [0.2, 0.25) is 0 Å². The van der Waals surface area contributed by atoms with Crippen LogP contribution in [0.3, 0.4) is 0 Å². The summed E-state index contributed by atoms with van der Waals surface area (Å²) >= 11 is 13.0. The number of nitrogens with one attached hydrogen (secondary N) is 1. The number of nitrogens with two attached hydrogens (primary N) is 1. The van der Waals surface area contributed by atoms with Gasteiger partial charge in [-0.1, -0.05) is 23.8 Å². The highest BCUT2D eigenvalue weighted by molar-refractivity contribution is 7.99. The van der Waals surface area contributed by atoms with E-state index in [1.807, 2.05) is 30.0 Å². The third kappa shape index (κ3) is 2.81. The Hall–Kier alpha value is -0.450. The molecule has 1 atom stereocenters. The van der Waals surface area contributed by atoms with Crippen molar-refractivity contribution in [1.82, 2.24) is 0 Å². The first-order valence-electron chi connectivity index (χ1n) is 5.10. The van der Waals surface area contributed by atoms with Crippen molar-refractivity contribution in [2.45, 2.75) is 12.5 Å². The van der Waals surface area contributed by atoms with E-state index >= 15 is 0 Å². The predicted octanol–water partition coefficient (Wildman–Crippen LogP) is 2.89. The van der Waals surface area contributed by atoms with Gasteiger partial charge in [0.1, 0.15) is 4.99 Å². The summed E-state index contributed by atoms with van der Waals surface area (Å²) in [5, 5.41) is 4.07. The van der Waals surface area contributed by atoms with Crippen molar-refractivity contribution >= 4 is 46.3 Å². The van der Waals surface area contributed by atoms with Gasteiger partial charge in [-0.05, 0) is 30.4 Å². The van der Waals surface area contributed by atoms with E-state index in [1.165, 1.54) is 12.2 Å². The fraction of sp³-hybridized carbons (Fsp3) is 0.364. The van der Waals surface area contributed by atoms with Gasteiger partial charge in [0.05, 0.1) is 5.02 Å². The van der Waals surface area contributed by atoms with Crippen molar-refractivity contribution in [2.75, 3.05) is 16.8 Å². The molecule has 0 spiro atoms. The van der Waals surface area contributed by atoms with Crippen LogP contribution in [-0.2, 0) is 0 Å². The zero-order chi connectivity index (χ0) is 11.5. The normalized spacial score (nSPS) is 19.7. The Morgan fingerprint density at radius 2 is 2.38 bits per heavy atom. The van der Waals surface area contributed by atoms with Crippen molar-refractivity contribution < 1.29 is 0 Å². The smallest absolute Gasteiger partial charge is 0.105 e. The molecule has 1 fully saturated rings. The third-order valence-corrected chi connectivity index (χ3v) is 4.23. The number of halogens is 1. The standard InChI is InChI=1S/C11H13ClN2S2/c12-10-5-7(1-2-9(10)11(13)15)14-8-3-4-16-6-8/h1-2,5,8,14H,3-4,6H2,(H2,13,15). The Morgan fingerprint density at radius 3 is 2.94 bits per heavy atom. The molecule has 5 heteroatoms. The highest BCUT2D eigenvalue weighted by Gasteiger charge is 2.15. The molecule has 1 unspecified atom stereocenters. The zero-order valence-corrected chi connectivity index (χ0v) is 11.1. The quantitative estimate of drug-likeness (QED) is 0.830. The Kier molecular flexibility index (Phi) is 3.95. The minimum absolute atomic E-state index is 0.341. The molecule has 0 bridgehead atoms. The summed E-state index contributed by atoms with van der Waals surface area (Å²) in [6.45, 7) is 0. The maximum atomic E-state index is 6.10. The van der Waals surface area contributed by atoms with Crippen LogP contribution in [0, 0.1) is 0 Å². The molecule has 1 saturated heterocycles. The Balaban J connectivity index is 2.11. The zero-order valence-electron chi connectivity index (χ0n) is 8.70. The first kappa shape index (κ1) is 12.0. The number of thioether (sulfide) groups is 1. The number of benzene rings is 1. The topological polar surface area (TPSA) is 38.0 Å². The molecule has 0 aliphatic carbocycles. The molecule has 0 aromatic heterocycles. The summed E-state index contributed by atoms with van der Waals surface area (Å²) in [6.07, 6.45) is 1.21. The largest absolute Gasteiger partial charge is 0.389 e. The lowest BCUT2D eigenvalue weighted by Crippen LogP contribution is -2.18. The van der Waals surface area contributed by atoms with Gasteiger partial charge in [0.25, 0.3) is 0 Å². The molecule has 2 rings (SSSR count). The fourth-order valence-electron chi connectivity index (χ4n) is 1.69. The molecule has 1 aromatic rings. The van der Waals surface area contributed by atoms with Crippen molar-refractivity contribution in [3.05, 3.63) is 28.8 Å². The first-order chi connectivity index (χ1) is 7.66. The second-order valence-electron chi connectivity index (χ2n) is 3.76. The van der Waals surface area contributed by atoms with Crippen LogP contribution in [0.1, 0.15) is 12.0 Å². The van der Waals surface area contributed by atoms with Crippen LogP contribution in [0.5, 0.6) is 0 Å². The van der Waals surface area contributed by atoms with Crippen molar-refractivity contribution in [1.29, 1.82) is 0 Å². The lowest BCUT2D eigenvalue weighted by atomic mass is 10.2. The molecule has 2 nitrogen and oxygen atoms in total. The summed E-state index contributed by atoms with van der Waals surface area (Å²) in [5.74, 6) is 2.39. The Labute approximate surface area is 110 Å². The van der Waals surface area contributed by atoms with Crippen LogP contribution < -0.4 is 11.1 Å². The van der Waals surface area contributed by atoms with Gasteiger partial charge >= 0.3 is 0 Å². The molecule has 86 valence electrons. The van der Waals surface area contributed by atoms with Crippen molar-refractivity contribution in [3.63, 3.8) is 0 Å². The van der Waals surface area contributed by atoms with Gasteiger partial charge in [-0.15, -0.1) is 0 Å². The molecule has 16 heavy (non-hydrogen) atoms. The van der Waals surface area contributed by atoms with Crippen molar-refractivity contribution in [2.24, 2.45) is 5.73 Å². The second kappa shape index (κ2) is 5.25. The van der Waals surface area contributed by atoms with E-state index in [0.717, 1.165) is 17.0 Å². The summed E-state index contributed by atoms with van der Waals surface area (Å²) in [7, 11) is 0. The summed E-state index contributed by atoms with van der Waals surface area (Å²) < 4.78 is 0. The number of hydrogen-bond acceptors (Lipinski definition) is 3. The van der Waals surface area contributed by atoms with Gasteiger partial charge in [-0.3, -0.25) is 0 Å². The number of thiocarbonyl (C=S) groups is 1. The maximum absolute atomic E-state index is 6.10. The van der Waals surface area contributed by atoms with Gasteiger partial charge in [-0.25, -0.2) is 0 Å². The van der Waals surface area contributed by atoms with Crippen LogP contribution in [0.15, 0.2) is 18.2 Å². The van der Waals surface area contributed by atoms with Gasteiger partial charge < -0.3 is 11.1 Å². The average molecular weight is 273 g/mol. The highest BCUT2D eigenvalue weighted by Crippen LogP contribution is 2.25. The first-order valence-corrected chi connectivity index (χ1v) is 7.04. The minimum Gasteiger partial charge on any atom is -0.389 e. The lowest BCUT2D eigenvalue weighted by molar-refractivity contribution is 0.813. The molecule has 1 aromatic carbocycles. The highest BCUT2D eigenvalue weighted by atomic mass is 35.5. The molecule has 0 saturated carbocycles. The summed E-state index contributed by atoms with van der Waals surface area (Å²) in [6, 6.07) is 6.29. The minimum atomic E-state index is 0.341. The second-order valence-corrected chi connectivity index (χ2v) is 5.76. The molecule has 0 amide bonds. The SMILES string of the molecule is NC(=S)c1ccc(NC2CCSC2)cc1Cl. The molecular formula is C11H13ClN2S2. The number of hydrogen-bond donors (Lipinski definition) is 2. The van der Waals surface area contributed by atoms with E-state index in [2.05, 4.69) is 5.32 Å². The van der Waals surface area contributed by atoms with E-state index in [4.69, 9.17) is 29.6 Å². The van der Waals surface area contributed by atoms with Gasteiger partial charge in [0, 0.05) is 23.0 Å². The molecule has 3 N–H and O–H groups in total. The van der Waals surface area contributed by atoms with E-state index < -0.39 is 0 Å². The molecule has 0 radical (unpaired) electrons. The molecule has 1 heterocycles. The monoisotopic (exact) mass is 272 g/mol. The lowest BCUT2D eigenvalue weighted by Gasteiger charge is -2.13. The predicted molar refractivity (Wildman–Crippen MR) is 76.7 cm³/mol. The van der Waals surface area contributed by atoms with Crippen LogP contribution in [0.4, 0.5) is 5.69 Å². The number of rotatable bonds is 3. The van der Waals surface area contributed by atoms with Crippen LogP contribution >= 0.6 is 35.6 Å². The summed E-state index contributed by atoms with van der Waals surface area (Å²) in [5.41, 5.74) is 7.33. The van der Waals surface area contributed by atoms with Crippen LogP contribution in [-0.4, -0.2) is 22.5 Å². The Bertz CT molecular complexity index is 403. The Morgan fingerprint density at radius 1 is 1.56 bits per heavy atom. The van der Waals surface area contributed by atoms with E-state index in [1.54, 1.807) is 0 Å².